The Labute approximate surface area is 514 Å². The van der Waals surface area contributed by atoms with Crippen LogP contribution in [0.25, 0.3) is 0 Å². The Kier molecular flexibility index (Phi) is 56.5. The number of carbonyl (C=O) groups is 2. The van der Waals surface area contributed by atoms with Gasteiger partial charge in [0.15, 0.2) is 12.4 Å². The molecule has 11 nitrogen and oxygen atoms in total. The number of rotatable bonds is 59. The Morgan fingerprint density at radius 2 is 0.857 bits per heavy atom. The predicted octanol–water partition coefficient (Wildman–Crippen LogP) is 17.7. The maximum Gasteiger partial charge on any atom is 0.306 e. The molecule has 0 radical (unpaired) electrons. The number of aliphatic hydroxyl groups excluding tert-OH is 5. The number of esters is 1. The summed E-state index contributed by atoms with van der Waals surface area (Å²) in [4.78, 5) is 26.6. The Balaban J connectivity index is 2.58. The molecule has 486 valence electrons. The highest BCUT2D eigenvalue weighted by Crippen LogP contribution is 2.26. The van der Waals surface area contributed by atoms with Crippen LogP contribution in [0.2, 0.25) is 0 Å². The van der Waals surface area contributed by atoms with Crippen molar-refractivity contribution in [2.75, 3.05) is 13.2 Å². The van der Waals surface area contributed by atoms with Crippen LogP contribution in [0.1, 0.15) is 303 Å². The van der Waals surface area contributed by atoms with Crippen LogP contribution in [0.5, 0.6) is 0 Å². The van der Waals surface area contributed by atoms with Crippen molar-refractivity contribution in [2.24, 2.45) is 0 Å². The van der Waals surface area contributed by atoms with Gasteiger partial charge in [0.25, 0.3) is 0 Å². The molecule has 1 fully saturated rings. The molecule has 11 heteroatoms. The molecular weight excluding hydrogens is 1050 g/mol. The van der Waals surface area contributed by atoms with E-state index in [0.717, 1.165) is 64.2 Å². The van der Waals surface area contributed by atoms with E-state index >= 15 is 0 Å². The molecule has 6 N–H and O–H groups in total. The largest absolute Gasteiger partial charge is 0.454 e. The lowest BCUT2D eigenvalue weighted by Crippen LogP contribution is -2.61. The van der Waals surface area contributed by atoms with Crippen LogP contribution in [0, 0.1) is 0 Å². The van der Waals surface area contributed by atoms with Crippen molar-refractivity contribution < 1.29 is 49.3 Å². The first-order valence-corrected chi connectivity index (χ1v) is 34.9. The molecule has 1 rings (SSSR count). The summed E-state index contributed by atoms with van der Waals surface area (Å²) in [6, 6.07) is -1.04. The highest BCUT2D eigenvalue weighted by molar-refractivity contribution is 5.80. The van der Waals surface area contributed by atoms with Crippen molar-refractivity contribution in [3.63, 3.8) is 0 Å². The van der Waals surface area contributed by atoms with Crippen LogP contribution in [-0.2, 0) is 23.8 Å². The van der Waals surface area contributed by atoms with Crippen molar-refractivity contribution in [2.45, 2.75) is 352 Å². The second-order valence-corrected chi connectivity index (χ2v) is 24.0. The monoisotopic (exact) mass is 1180 g/mol. The highest BCUT2D eigenvalue weighted by Gasteiger charge is 2.47. The number of allylic oxidation sites excluding steroid dienone is 13. The molecule has 8 unspecified atom stereocenters. The van der Waals surface area contributed by atoms with Crippen LogP contribution >= 0.6 is 0 Å². The zero-order valence-electron chi connectivity index (χ0n) is 54.0. The smallest absolute Gasteiger partial charge is 0.306 e. The maximum absolute atomic E-state index is 13.5. The Morgan fingerprint density at radius 3 is 1.29 bits per heavy atom. The van der Waals surface area contributed by atoms with Gasteiger partial charge in [0, 0.05) is 6.42 Å². The summed E-state index contributed by atoms with van der Waals surface area (Å²) in [5.41, 5.74) is 0. The second kappa shape index (κ2) is 60.1. The number of aliphatic hydroxyl groups is 5. The van der Waals surface area contributed by atoms with Crippen LogP contribution in [0.15, 0.2) is 85.1 Å². The number of unbranched alkanes of at least 4 members (excludes halogenated alkanes) is 38. The number of ether oxygens (including phenoxy) is 3. The molecule has 0 aromatic heterocycles. The molecule has 0 aromatic rings. The zero-order valence-corrected chi connectivity index (χ0v) is 54.0. The van der Waals surface area contributed by atoms with E-state index in [1.165, 1.54) is 193 Å². The fraction of sp³-hybridized carbons (Fsp3) is 0.781. The van der Waals surface area contributed by atoms with Gasteiger partial charge in [-0.2, -0.15) is 0 Å². The van der Waals surface area contributed by atoms with Crippen LogP contribution in [-0.4, -0.2) is 99.6 Å². The minimum atomic E-state index is -1.64. The molecule has 84 heavy (non-hydrogen) atoms. The minimum absolute atomic E-state index is 0.0697. The SMILES string of the molecule is CC\C=C/C=C/C=C/C=C\C=C\C=C\CCCCCC(=O)OC1C(OCC(NC(=O)C(O)CCCCCCCCCCCCCCCCCCCCCCCCCCCC)C(O)/C=C/CCCCCCCCCCCC)OC(CO)C(O)C1O. The summed E-state index contributed by atoms with van der Waals surface area (Å²) < 4.78 is 17.6. The topological polar surface area (TPSA) is 175 Å². The van der Waals surface area contributed by atoms with Gasteiger partial charge in [-0.05, 0) is 44.9 Å². The van der Waals surface area contributed by atoms with Gasteiger partial charge in [-0.25, -0.2) is 0 Å². The summed E-state index contributed by atoms with van der Waals surface area (Å²) >= 11 is 0. The van der Waals surface area contributed by atoms with Crippen LogP contribution in [0.4, 0.5) is 0 Å². The average Bonchev–Trinajstić information content (AvgIpc) is 3.69. The predicted molar refractivity (Wildman–Crippen MR) is 352 cm³/mol. The van der Waals surface area contributed by atoms with Gasteiger partial charge < -0.3 is 45.1 Å². The third-order valence-corrected chi connectivity index (χ3v) is 16.2. The van der Waals surface area contributed by atoms with Crippen molar-refractivity contribution >= 4 is 11.9 Å². The summed E-state index contributed by atoms with van der Waals surface area (Å²) in [5, 5.41) is 57.1. The Morgan fingerprint density at radius 1 is 0.476 bits per heavy atom. The molecule has 1 amide bonds. The quantitative estimate of drug-likeness (QED) is 0.0149. The van der Waals surface area contributed by atoms with Gasteiger partial charge in [-0.3, -0.25) is 9.59 Å². The molecule has 0 bridgehead atoms. The molecule has 0 aromatic carbocycles. The number of nitrogens with one attached hydrogen (secondary N) is 1. The third-order valence-electron chi connectivity index (χ3n) is 16.2. The average molecular weight is 1180 g/mol. The van der Waals surface area contributed by atoms with Gasteiger partial charge in [0.05, 0.1) is 25.4 Å². The van der Waals surface area contributed by atoms with E-state index in [2.05, 4.69) is 38.2 Å². The van der Waals surface area contributed by atoms with Crippen LogP contribution < -0.4 is 5.32 Å². The Bertz CT molecular complexity index is 1690. The molecule has 0 aliphatic carbocycles. The van der Waals surface area contributed by atoms with Gasteiger partial charge in [-0.15, -0.1) is 0 Å². The van der Waals surface area contributed by atoms with E-state index in [1.807, 2.05) is 66.8 Å². The molecule has 1 aliphatic heterocycles. The summed E-state index contributed by atoms with van der Waals surface area (Å²) in [6.07, 6.45) is 69.2. The van der Waals surface area contributed by atoms with E-state index in [0.29, 0.717) is 12.8 Å². The van der Waals surface area contributed by atoms with E-state index in [9.17, 15) is 35.1 Å². The summed E-state index contributed by atoms with van der Waals surface area (Å²) in [5.74, 6) is -1.24. The molecule has 1 heterocycles. The lowest BCUT2D eigenvalue weighted by atomic mass is 9.99. The molecule has 8 atom stereocenters. The summed E-state index contributed by atoms with van der Waals surface area (Å²) in [6.45, 7) is 5.65. The number of hydrogen-bond acceptors (Lipinski definition) is 10. The van der Waals surface area contributed by atoms with Gasteiger partial charge in [0.1, 0.15) is 24.4 Å². The maximum atomic E-state index is 13.5. The lowest BCUT2D eigenvalue weighted by Gasteiger charge is -2.41. The van der Waals surface area contributed by atoms with Gasteiger partial charge >= 0.3 is 5.97 Å². The van der Waals surface area contributed by atoms with Crippen molar-refractivity contribution in [3.05, 3.63) is 85.1 Å². The lowest BCUT2D eigenvalue weighted by molar-refractivity contribution is -0.305. The van der Waals surface area contributed by atoms with E-state index < -0.39 is 67.4 Å². The van der Waals surface area contributed by atoms with Crippen molar-refractivity contribution in [3.8, 4) is 0 Å². The Hall–Kier alpha value is -3.16. The summed E-state index contributed by atoms with van der Waals surface area (Å²) in [7, 11) is 0. The molecule has 1 saturated heterocycles. The van der Waals surface area contributed by atoms with Crippen molar-refractivity contribution in [1.29, 1.82) is 0 Å². The fourth-order valence-corrected chi connectivity index (χ4v) is 10.7. The molecule has 0 spiro atoms. The first-order chi connectivity index (χ1) is 41.2. The number of amides is 1. The second-order valence-electron chi connectivity index (χ2n) is 24.0. The van der Waals surface area contributed by atoms with Crippen LogP contribution in [0.3, 0.4) is 0 Å². The van der Waals surface area contributed by atoms with E-state index in [-0.39, 0.29) is 19.4 Å². The first kappa shape index (κ1) is 78.9. The highest BCUT2D eigenvalue weighted by atomic mass is 16.7. The first-order valence-electron chi connectivity index (χ1n) is 34.9. The van der Waals surface area contributed by atoms with E-state index in [4.69, 9.17) is 14.2 Å². The zero-order chi connectivity index (χ0) is 61.0. The fourth-order valence-electron chi connectivity index (χ4n) is 10.7. The molecular formula is C73H129NO10. The van der Waals surface area contributed by atoms with Crippen molar-refractivity contribution in [1.82, 2.24) is 5.32 Å². The number of carbonyl (C=O) groups excluding carboxylic acids is 2. The van der Waals surface area contributed by atoms with E-state index in [1.54, 1.807) is 6.08 Å². The minimum Gasteiger partial charge on any atom is -0.454 e. The van der Waals surface area contributed by atoms with Gasteiger partial charge in [0.2, 0.25) is 5.91 Å². The van der Waals surface area contributed by atoms with Gasteiger partial charge in [-0.1, -0.05) is 337 Å². The third kappa shape index (κ3) is 47.0. The molecule has 1 aliphatic rings. The molecule has 0 saturated carbocycles. The number of hydrogen-bond donors (Lipinski definition) is 6. The standard InChI is InChI=1S/C73H129NO10/c1-4-7-10-13-16-19-22-25-27-29-30-31-32-33-34-35-36-37-39-40-42-45-48-51-54-57-60-66(77)72(81)74-64(65(76)59-56-53-50-47-44-24-21-18-15-12-9-6-3)63-82-73-71(70(80)69(79)67(62-75)83-73)84-68(78)61-58-55-52-49-46-43-41-38-28-26-23-20-17-14-11-8-5-2/h8,11,14,17,20,23,26,28,38,41,43,46,56,59,64-67,69-71,73,75-77,79-80H,4-7,9-10,12-13,15-16,18-19,21-22,24-25,27,29-37,39-40,42,44-45,47-55,57-58,60-63H2,1-3H3,(H,74,81)/b11-8-,17-14+,23-20+,28-26-,41-38+,46-43+,59-56+. The normalized spacial score (nSPS) is 19.0.